The van der Waals surface area contributed by atoms with Gasteiger partial charge in [0.05, 0.1) is 11.4 Å². The van der Waals surface area contributed by atoms with Gasteiger partial charge >= 0.3 is 5.97 Å². The van der Waals surface area contributed by atoms with Crippen molar-refractivity contribution in [3.8, 4) is 0 Å². The van der Waals surface area contributed by atoms with Gasteiger partial charge in [0.15, 0.2) is 0 Å². The fourth-order valence-corrected chi connectivity index (χ4v) is 2.05. The molecule has 106 valence electrons. The third kappa shape index (κ3) is 3.37. The van der Waals surface area contributed by atoms with Crippen LogP contribution in [-0.4, -0.2) is 19.5 Å². The molecule has 4 N–H and O–H groups in total. The third-order valence-corrected chi connectivity index (χ3v) is 3.45. The van der Waals surface area contributed by atoms with Gasteiger partial charge in [0, 0.05) is 5.69 Å². The van der Waals surface area contributed by atoms with Crippen LogP contribution in [-0.2, 0) is 16.6 Å². The monoisotopic (exact) mass is 296 g/mol. The average molecular weight is 296 g/mol. The highest BCUT2D eigenvalue weighted by molar-refractivity contribution is 7.89. The molecule has 2 rings (SSSR count). The number of furan rings is 1. The van der Waals surface area contributed by atoms with Gasteiger partial charge in [0.2, 0.25) is 15.8 Å². The number of carboxylic acids is 1. The largest absolute Gasteiger partial charge is 0.475 e. The molecule has 0 aliphatic heterocycles. The van der Waals surface area contributed by atoms with E-state index in [0.717, 1.165) is 0 Å². The molecular weight excluding hydrogens is 284 g/mol. The molecule has 1 aromatic carbocycles. The van der Waals surface area contributed by atoms with E-state index >= 15 is 0 Å². The summed E-state index contributed by atoms with van der Waals surface area (Å²) in [5.74, 6) is -0.807. The summed E-state index contributed by atoms with van der Waals surface area (Å²) in [6.07, 6.45) is 0. The SMILES string of the molecule is NS(=O)(=O)c1ccc(NCc2ccc(C(=O)O)o2)cc1. The van der Waals surface area contributed by atoms with E-state index in [2.05, 4.69) is 5.32 Å². The molecule has 0 aliphatic rings. The second kappa shape index (κ2) is 5.35. The predicted molar refractivity (Wildman–Crippen MR) is 70.8 cm³/mol. The van der Waals surface area contributed by atoms with Crippen molar-refractivity contribution in [2.24, 2.45) is 5.14 Å². The maximum Gasteiger partial charge on any atom is 0.371 e. The Bertz CT molecular complexity index is 719. The van der Waals surface area contributed by atoms with E-state index in [1.165, 1.54) is 18.2 Å². The van der Waals surface area contributed by atoms with Crippen LogP contribution < -0.4 is 10.5 Å². The van der Waals surface area contributed by atoms with Crippen LogP contribution in [0.25, 0.3) is 0 Å². The number of sulfonamides is 1. The molecule has 1 aromatic heterocycles. The van der Waals surface area contributed by atoms with Crippen molar-refractivity contribution in [3.63, 3.8) is 0 Å². The number of nitrogens with one attached hydrogen (secondary N) is 1. The molecule has 0 radical (unpaired) electrons. The fraction of sp³-hybridized carbons (Fsp3) is 0.0833. The van der Waals surface area contributed by atoms with Crippen molar-refractivity contribution in [2.75, 3.05) is 5.32 Å². The molecular formula is C12H12N2O5S. The zero-order chi connectivity index (χ0) is 14.8. The van der Waals surface area contributed by atoms with E-state index in [0.29, 0.717) is 11.4 Å². The van der Waals surface area contributed by atoms with Crippen LogP contribution in [0.4, 0.5) is 5.69 Å². The summed E-state index contributed by atoms with van der Waals surface area (Å²) >= 11 is 0. The van der Waals surface area contributed by atoms with Gasteiger partial charge in [-0.05, 0) is 36.4 Å². The van der Waals surface area contributed by atoms with Crippen LogP contribution in [0.2, 0.25) is 0 Å². The van der Waals surface area contributed by atoms with Crippen molar-refractivity contribution >= 4 is 21.7 Å². The topological polar surface area (TPSA) is 123 Å². The zero-order valence-corrected chi connectivity index (χ0v) is 11.1. The smallest absolute Gasteiger partial charge is 0.371 e. The first-order chi connectivity index (χ1) is 9.36. The summed E-state index contributed by atoms with van der Waals surface area (Å²) in [7, 11) is -3.70. The van der Waals surface area contributed by atoms with Crippen molar-refractivity contribution in [1.29, 1.82) is 0 Å². The van der Waals surface area contributed by atoms with Gasteiger partial charge in [0.1, 0.15) is 5.76 Å². The van der Waals surface area contributed by atoms with E-state index in [1.54, 1.807) is 18.2 Å². The molecule has 0 aliphatic carbocycles. The van der Waals surface area contributed by atoms with Crippen molar-refractivity contribution in [3.05, 3.63) is 47.9 Å². The number of nitrogens with two attached hydrogens (primary N) is 1. The van der Waals surface area contributed by atoms with Crippen LogP contribution in [0.5, 0.6) is 0 Å². The molecule has 0 spiro atoms. The summed E-state index contributed by atoms with van der Waals surface area (Å²) in [6.45, 7) is 0.280. The maximum atomic E-state index is 11.1. The highest BCUT2D eigenvalue weighted by Gasteiger charge is 2.09. The normalized spacial score (nSPS) is 11.2. The average Bonchev–Trinajstić information content (AvgIpc) is 2.85. The first-order valence-corrected chi connectivity index (χ1v) is 7.09. The second-order valence-corrected chi connectivity index (χ2v) is 5.56. The minimum atomic E-state index is -3.70. The molecule has 20 heavy (non-hydrogen) atoms. The third-order valence-electron chi connectivity index (χ3n) is 2.52. The van der Waals surface area contributed by atoms with Crippen molar-refractivity contribution < 1.29 is 22.7 Å². The molecule has 0 atom stereocenters. The molecule has 7 nitrogen and oxygen atoms in total. The number of carboxylic acid groups (broad SMARTS) is 1. The molecule has 0 saturated heterocycles. The Morgan fingerprint density at radius 1 is 1.20 bits per heavy atom. The minimum absolute atomic E-state index is 0.0224. The molecule has 0 fully saturated rings. The number of carbonyl (C=O) groups is 1. The van der Waals surface area contributed by atoms with Gasteiger partial charge in [-0.1, -0.05) is 0 Å². The number of rotatable bonds is 5. The Kier molecular flexibility index (Phi) is 3.77. The van der Waals surface area contributed by atoms with Gasteiger partial charge in [-0.15, -0.1) is 0 Å². The summed E-state index contributed by atoms with van der Waals surface area (Å²) < 4.78 is 27.2. The van der Waals surface area contributed by atoms with Gasteiger partial charge in [-0.3, -0.25) is 0 Å². The lowest BCUT2D eigenvalue weighted by Crippen LogP contribution is -2.11. The molecule has 0 amide bonds. The summed E-state index contributed by atoms with van der Waals surface area (Å²) in [5, 5.41) is 16.7. The molecule has 0 saturated carbocycles. The van der Waals surface area contributed by atoms with Gasteiger partial charge in [-0.25, -0.2) is 18.4 Å². The first kappa shape index (κ1) is 14.1. The van der Waals surface area contributed by atoms with E-state index in [4.69, 9.17) is 14.7 Å². The lowest BCUT2D eigenvalue weighted by molar-refractivity contribution is 0.0660. The highest BCUT2D eigenvalue weighted by Crippen LogP contribution is 2.15. The summed E-state index contributed by atoms with van der Waals surface area (Å²) in [6, 6.07) is 8.78. The number of anilines is 1. The Balaban J connectivity index is 2.02. The lowest BCUT2D eigenvalue weighted by atomic mass is 10.3. The first-order valence-electron chi connectivity index (χ1n) is 5.55. The summed E-state index contributed by atoms with van der Waals surface area (Å²) in [5.41, 5.74) is 0.658. The quantitative estimate of drug-likeness (QED) is 0.762. The Morgan fingerprint density at radius 3 is 2.35 bits per heavy atom. The Labute approximate surface area is 115 Å². The van der Waals surface area contributed by atoms with Gasteiger partial charge in [0.25, 0.3) is 0 Å². The van der Waals surface area contributed by atoms with Crippen LogP contribution in [0.1, 0.15) is 16.3 Å². The molecule has 0 bridgehead atoms. The minimum Gasteiger partial charge on any atom is -0.475 e. The zero-order valence-electron chi connectivity index (χ0n) is 10.2. The second-order valence-electron chi connectivity index (χ2n) is 3.99. The Morgan fingerprint density at radius 2 is 1.85 bits per heavy atom. The lowest BCUT2D eigenvalue weighted by Gasteiger charge is -2.05. The van der Waals surface area contributed by atoms with Crippen molar-refractivity contribution in [2.45, 2.75) is 11.4 Å². The molecule has 8 heteroatoms. The van der Waals surface area contributed by atoms with Crippen LogP contribution in [0.3, 0.4) is 0 Å². The van der Waals surface area contributed by atoms with Crippen LogP contribution >= 0.6 is 0 Å². The van der Waals surface area contributed by atoms with Gasteiger partial charge < -0.3 is 14.8 Å². The number of primary sulfonamides is 1. The molecule has 1 heterocycles. The maximum absolute atomic E-state index is 11.1. The Hall–Kier alpha value is -2.32. The van der Waals surface area contributed by atoms with Gasteiger partial charge in [-0.2, -0.15) is 0 Å². The van der Waals surface area contributed by atoms with E-state index in [-0.39, 0.29) is 17.2 Å². The summed E-state index contributed by atoms with van der Waals surface area (Å²) in [4.78, 5) is 10.7. The van der Waals surface area contributed by atoms with E-state index in [9.17, 15) is 13.2 Å². The highest BCUT2D eigenvalue weighted by atomic mass is 32.2. The fourth-order valence-electron chi connectivity index (χ4n) is 1.54. The number of aromatic carboxylic acids is 1. The number of hydrogen-bond donors (Lipinski definition) is 3. The van der Waals surface area contributed by atoms with E-state index < -0.39 is 16.0 Å². The number of hydrogen-bond acceptors (Lipinski definition) is 5. The molecule has 2 aromatic rings. The van der Waals surface area contributed by atoms with Crippen molar-refractivity contribution in [1.82, 2.24) is 0 Å². The predicted octanol–water partition coefficient (Wildman–Crippen LogP) is 1.24. The van der Waals surface area contributed by atoms with E-state index in [1.807, 2.05) is 0 Å². The molecule has 0 unspecified atom stereocenters. The number of benzene rings is 1. The van der Waals surface area contributed by atoms with Crippen LogP contribution in [0.15, 0.2) is 45.7 Å². The standard InChI is InChI=1S/C12H12N2O5S/c13-20(17,18)10-4-1-8(2-5-10)14-7-9-3-6-11(19-9)12(15)16/h1-6,14H,7H2,(H,15,16)(H2,13,17,18). The van der Waals surface area contributed by atoms with Crippen LogP contribution in [0, 0.1) is 0 Å².